The molecule has 0 radical (unpaired) electrons. The molecule has 2 aliphatic rings. The van der Waals surface area contributed by atoms with E-state index in [1.165, 1.54) is 0 Å². The van der Waals surface area contributed by atoms with Crippen LogP contribution in [0.2, 0.25) is 0 Å². The van der Waals surface area contributed by atoms with Crippen molar-refractivity contribution < 1.29 is 22.8 Å². The van der Waals surface area contributed by atoms with Crippen LogP contribution in [0.5, 0.6) is 0 Å². The molecule has 1 heterocycles. The van der Waals surface area contributed by atoms with Crippen molar-refractivity contribution in [1.29, 1.82) is 0 Å². The van der Waals surface area contributed by atoms with Crippen molar-refractivity contribution in [2.75, 3.05) is 26.2 Å². The van der Waals surface area contributed by atoms with E-state index < -0.39 is 24.0 Å². The smallest absolute Gasteiger partial charge is 0.353 e. The van der Waals surface area contributed by atoms with Gasteiger partial charge in [-0.3, -0.25) is 9.59 Å². The Kier molecular flexibility index (Phi) is 8.78. The third-order valence-corrected chi connectivity index (χ3v) is 8.34. The van der Waals surface area contributed by atoms with E-state index in [1.54, 1.807) is 0 Å². The Balaban J connectivity index is 1.18. The van der Waals surface area contributed by atoms with E-state index in [0.717, 1.165) is 66.7 Å². The van der Waals surface area contributed by atoms with Gasteiger partial charge < -0.3 is 15.5 Å². The zero-order chi connectivity index (χ0) is 28.9. The van der Waals surface area contributed by atoms with Crippen molar-refractivity contribution in [3.8, 4) is 11.1 Å². The van der Waals surface area contributed by atoms with Gasteiger partial charge in [-0.2, -0.15) is 13.2 Å². The minimum absolute atomic E-state index is 0.0425. The van der Waals surface area contributed by atoms with Gasteiger partial charge in [0, 0.05) is 19.1 Å². The van der Waals surface area contributed by atoms with E-state index in [1.807, 2.05) is 78.9 Å². The number of piperidine rings is 1. The zero-order valence-electron chi connectivity index (χ0n) is 23.1. The number of unbranched alkanes of at least 4 members (excludes halogenated alkanes) is 1. The molecule has 3 aromatic rings. The van der Waals surface area contributed by atoms with Gasteiger partial charge in [0.05, 0.1) is 6.42 Å². The molecule has 5 nitrogen and oxygen atoms in total. The van der Waals surface area contributed by atoms with E-state index in [4.69, 9.17) is 0 Å². The average Bonchev–Trinajstić information content (AvgIpc) is 3.26. The number of hydrogen-bond acceptors (Lipinski definition) is 3. The molecule has 1 aliphatic carbocycles. The molecule has 0 bridgehead atoms. The Morgan fingerprint density at radius 2 is 1.41 bits per heavy atom. The van der Waals surface area contributed by atoms with Crippen molar-refractivity contribution in [2.45, 2.75) is 56.2 Å². The lowest BCUT2D eigenvalue weighted by atomic mass is 9.73. The molecule has 1 saturated heterocycles. The first-order valence-electron chi connectivity index (χ1n) is 14.4. The normalized spacial score (nSPS) is 16.6. The summed E-state index contributed by atoms with van der Waals surface area (Å²) in [4.78, 5) is 28.4. The largest absolute Gasteiger partial charge is 0.405 e. The third kappa shape index (κ3) is 6.64. The van der Waals surface area contributed by atoms with Crippen LogP contribution in [0.25, 0.3) is 11.1 Å². The molecule has 2 amide bonds. The lowest BCUT2D eigenvalue weighted by Gasteiger charge is -2.33. The molecule has 3 aromatic carbocycles. The summed E-state index contributed by atoms with van der Waals surface area (Å²) in [6.07, 6.45) is -0.403. The number of halogens is 3. The first-order chi connectivity index (χ1) is 19.8. The van der Waals surface area contributed by atoms with Crippen LogP contribution < -0.4 is 10.6 Å². The number of alkyl halides is 3. The molecule has 1 aliphatic heterocycles. The second-order valence-electron chi connectivity index (χ2n) is 11.1. The fourth-order valence-electron chi connectivity index (χ4n) is 6.37. The molecule has 0 saturated carbocycles. The first-order valence-corrected chi connectivity index (χ1v) is 14.4. The van der Waals surface area contributed by atoms with Gasteiger partial charge in [-0.25, -0.2) is 0 Å². The number of fused-ring (bicyclic) bond motifs is 3. The van der Waals surface area contributed by atoms with Crippen LogP contribution in [0.15, 0.2) is 78.9 Å². The fraction of sp³-hybridized carbons (Fsp3) is 0.394. The Morgan fingerprint density at radius 1 is 0.829 bits per heavy atom. The van der Waals surface area contributed by atoms with E-state index >= 15 is 0 Å². The van der Waals surface area contributed by atoms with Crippen molar-refractivity contribution in [1.82, 2.24) is 15.5 Å². The molecule has 2 N–H and O–H groups in total. The maximum atomic E-state index is 13.6. The number of likely N-dealkylation sites (tertiary alicyclic amines) is 1. The average molecular weight is 564 g/mol. The van der Waals surface area contributed by atoms with Crippen molar-refractivity contribution in [3.05, 3.63) is 95.6 Å². The second kappa shape index (κ2) is 12.5. The summed E-state index contributed by atoms with van der Waals surface area (Å²) in [6, 6.07) is 25.0. The number of benzene rings is 3. The predicted molar refractivity (Wildman–Crippen MR) is 153 cm³/mol. The molecule has 0 atom stereocenters. The summed E-state index contributed by atoms with van der Waals surface area (Å²) in [5, 5.41) is 5.37. The number of nitrogens with zero attached hydrogens (tertiary/aromatic N) is 1. The van der Waals surface area contributed by atoms with Gasteiger partial charge in [0.2, 0.25) is 11.8 Å². The highest BCUT2D eigenvalue weighted by molar-refractivity contribution is 6.00. The van der Waals surface area contributed by atoms with Gasteiger partial charge in [-0.05, 0) is 60.0 Å². The number of rotatable bonds is 10. The van der Waals surface area contributed by atoms with Crippen LogP contribution >= 0.6 is 0 Å². The molecular weight excluding hydrogens is 527 g/mol. The van der Waals surface area contributed by atoms with Gasteiger partial charge in [0.1, 0.15) is 12.0 Å². The van der Waals surface area contributed by atoms with E-state index in [9.17, 15) is 22.8 Å². The van der Waals surface area contributed by atoms with Gasteiger partial charge in [-0.15, -0.1) is 0 Å². The number of amides is 2. The standard InChI is InChI=1S/C33H36F3N3O2/c34-33(35,36)23-37-31(41)32(28-14-6-4-12-26(28)27-13-5-7-15-29(27)32)18-8-9-19-39-20-16-25(17-21-39)38-30(40)22-24-10-2-1-3-11-24/h1-7,10-15,25H,8-9,16-23H2,(H,37,41)(H,38,40). The quantitative estimate of drug-likeness (QED) is 0.315. The summed E-state index contributed by atoms with van der Waals surface area (Å²) in [6.45, 7) is 1.24. The van der Waals surface area contributed by atoms with Gasteiger partial charge in [0.25, 0.3) is 0 Å². The number of carbonyl (C=O) groups is 2. The molecule has 0 unspecified atom stereocenters. The summed E-state index contributed by atoms with van der Waals surface area (Å²) in [5.41, 5.74) is 3.19. The number of hydrogen-bond donors (Lipinski definition) is 2. The van der Waals surface area contributed by atoms with Crippen LogP contribution in [-0.2, 0) is 21.4 Å². The van der Waals surface area contributed by atoms with Crippen LogP contribution in [0.1, 0.15) is 48.8 Å². The molecule has 5 rings (SSSR count). The Labute approximate surface area is 239 Å². The van der Waals surface area contributed by atoms with Crippen LogP contribution in [0.3, 0.4) is 0 Å². The number of carbonyl (C=O) groups excluding carboxylic acids is 2. The predicted octanol–water partition coefficient (Wildman–Crippen LogP) is 5.63. The highest BCUT2D eigenvalue weighted by Crippen LogP contribution is 2.51. The van der Waals surface area contributed by atoms with E-state index in [2.05, 4.69) is 15.5 Å². The molecule has 8 heteroatoms. The van der Waals surface area contributed by atoms with Crippen LogP contribution in [-0.4, -0.2) is 55.1 Å². The highest BCUT2D eigenvalue weighted by atomic mass is 19.4. The lowest BCUT2D eigenvalue weighted by molar-refractivity contribution is -0.141. The SMILES string of the molecule is O=C(Cc1ccccc1)NC1CCN(CCCCC2(C(=O)NCC(F)(F)F)c3ccccc3-c3ccccc32)CC1. The monoisotopic (exact) mass is 563 g/mol. The van der Waals surface area contributed by atoms with E-state index in [0.29, 0.717) is 19.3 Å². The summed E-state index contributed by atoms with van der Waals surface area (Å²) in [7, 11) is 0. The first kappa shape index (κ1) is 28.9. The van der Waals surface area contributed by atoms with Gasteiger partial charge in [-0.1, -0.05) is 85.3 Å². The van der Waals surface area contributed by atoms with Crippen molar-refractivity contribution >= 4 is 11.8 Å². The van der Waals surface area contributed by atoms with Crippen LogP contribution in [0.4, 0.5) is 13.2 Å². The summed E-state index contributed by atoms with van der Waals surface area (Å²) < 4.78 is 39.3. The van der Waals surface area contributed by atoms with Crippen LogP contribution in [0, 0.1) is 0 Å². The molecular formula is C33H36F3N3O2. The van der Waals surface area contributed by atoms with E-state index in [-0.39, 0.29) is 11.9 Å². The minimum Gasteiger partial charge on any atom is -0.353 e. The zero-order valence-corrected chi connectivity index (χ0v) is 23.1. The Bertz CT molecular complexity index is 1310. The fourth-order valence-corrected chi connectivity index (χ4v) is 6.37. The Morgan fingerprint density at radius 3 is 2.02 bits per heavy atom. The third-order valence-electron chi connectivity index (χ3n) is 8.34. The molecule has 1 fully saturated rings. The van der Waals surface area contributed by atoms with Gasteiger partial charge in [0.15, 0.2) is 0 Å². The number of nitrogens with one attached hydrogen (secondary N) is 2. The Hall–Kier alpha value is -3.65. The van der Waals surface area contributed by atoms with Gasteiger partial charge >= 0.3 is 6.18 Å². The molecule has 216 valence electrons. The lowest BCUT2D eigenvalue weighted by Crippen LogP contribution is -2.47. The van der Waals surface area contributed by atoms with Crippen molar-refractivity contribution in [3.63, 3.8) is 0 Å². The highest BCUT2D eigenvalue weighted by Gasteiger charge is 2.49. The topological polar surface area (TPSA) is 61.4 Å². The summed E-state index contributed by atoms with van der Waals surface area (Å²) >= 11 is 0. The maximum Gasteiger partial charge on any atom is 0.405 e. The molecule has 0 aromatic heterocycles. The molecule has 41 heavy (non-hydrogen) atoms. The minimum atomic E-state index is -4.48. The summed E-state index contributed by atoms with van der Waals surface area (Å²) in [5.74, 6) is -0.555. The van der Waals surface area contributed by atoms with Crippen molar-refractivity contribution in [2.24, 2.45) is 0 Å². The second-order valence-corrected chi connectivity index (χ2v) is 11.1. The maximum absolute atomic E-state index is 13.6. The molecule has 0 spiro atoms.